The van der Waals surface area contributed by atoms with Crippen LogP contribution < -0.4 is 10.9 Å². The zero-order chi connectivity index (χ0) is 105. The third kappa shape index (κ3) is 91.9. The van der Waals surface area contributed by atoms with Gasteiger partial charge in [-0.1, -0.05) is 400 Å². The third-order valence-corrected chi connectivity index (χ3v) is 14.1. The van der Waals surface area contributed by atoms with Crippen LogP contribution in [0.5, 0.6) is 0 Å². The number of hydrazine groups is 1. The van der Waals surface area contributed by atoms with Gasteiger partial charge in [0.1, 0.15) is 12.2 Å². The van der Waals surface area contributed by atoms with Gasteiger partial charge in [-0.2, -0.15) is 66.6 Å². The summed E-state index contributed by atoms with van der Waals surface area (Å²) in [7, 11) is 0. The Balaban J connectivity index is -0.000000115. The molecule has 0 unspecified atom stereocenters. The summed E-state index contributed by atoms with van der Waals surface area (Å²) in [5, 5.41) is 46.0. The first kappa shape index (κ1) is 146. The molecule has 0 aliphatic carbocycles. The zero-order valence-corrected chi connectivity index (χ0v) is 94.6. The zero-order valence-electron chi connectivity index (χ0n) is 94.6. The Morgan fingerprint density at radius 1 is 0.246 bits per heavy atom. The van der Waals surface area contributed by atoms with Crippen LogP contribution in [-0.2, 0) is 54.1 Å². The molecule has 1 aliphatic heterocycles. The van der Waals surface area contributed by atoms with Crippen LogP contribution in [0.3, 0.4) is 0 Å². The Morgan fingerprint density at radius 3 is 0.777 bits per heavy atom. The van der Waals surface area contributed by atoms with E-state index >= 15 is 0 Å². The number of aromatic amines is 3. The lowest BCUT2D eigenvalue weighted by Gasteiger charge is -2.17. The molecule has 0 bridgehead atoms. The van der Waals surface area contributed by atoms with Crippen molar-refractivity contribution in [3.63, 3.8) is 0 Å². The van der Waals surface area contributed by atoms with E-state index in [2.05, 4.69) is 377 Å². The fraction of sp³-hybridized carbons (Fsp3) is 0.645. The van der Waals surface area contributed by atoms with Gasteiger partial charge in [-0.3, -0.25) is 19.9 Å². The van der Waals surface area contributed by atoms with Gasteiger partial charge >= 0.3 is 0 Å². The lowest BCUT2D eigenvalue weighted by molar-refractivity contribution is 0.469. The quantitative estimate of drug-likeness (QED) is 0.0942. The number of H-pyrrole nitrogens is 3. The number of aliphatic imine (C=N–C) groups is 1. The predicted molar refractivity (Wildman–Crippen MR) is 571 cm³/mol. The first-order valence-electron chi connectivity index (χ1n) is 47.9. The summed E-state index contributed by atoms with van der Waals surface area (Å²) >= 11 is 0. The van der Waals surface area contributed by atoms with E-state index in [9.17, 15) is 0 Å². The summed E-state index contributed by atoms with van der Waals surface area (Å²) in [5.41, 5.74) is 17.8. The average Bonchev–Trinajstić information content (AvgIpc) is 1.48. The van der Waals surface area contributed by atoms with Crippen molar-refractivity contribution in [1.29, 1.82) is 0 Å². The highest BCUT2D eigenvalue weighted by molar-refractivity contribution is 5.53. The highest BCUT2D eigenvalue weighted by atomic mass is 15.4. The molecule has 0 fully saturated rings. The normalized spacial score (nSPS) is 10.6. The van der Waals surface area contributed by atoms with Crippen LogP contribution in [0, 0.1) is 5.41 Å². The van der Waals surface area contributed by atoms with Gasteiger partial charge in [-0.15, -0.1) is 0 Å². The summed E-state index contributed by atoms with van der Waals surface area (Å²) in [6.07, 6.45) is 28.2. The Hall–Kier alpha value is -9.38. The molecular weight excluding hydrogens is 1610 g/mol. The van der Waals surface area contributed by atoms with Crippen molar-refractivity contribution in [2.45, 2.75) is 442 Å². The molecule has 23 nitrogen and oxygen atoms in total. The number of aromatic nitrogens is 20. The molecule has 1 aliphatic rings. The van der Waals surface area contributed by atoms with Crippen LogP contribution in [0.15, 0.2) is 171 Å². The van der Waals surface area contributed by atoms with Crippen LogP contribution in [0.1, 0.15) is 444 Å². The molecule has 748 valence electrons. The topological polar surface area (TPSA) is 303 Å². The fourth-order valence-electron chi connectivity index (χ4n) is 7.36. The molecule has 11 rings (SSSR count). The Morgan fingerprint density at radius 2 is 0.592 bits per heavy atom. The molecule has 11 heterocycles. The van der Waals surface area contributed by atoms with Crippen molar-refractivity contribution in [3.8, 4) is 0 Å². The third-order valence-electron chi connectivity index (χ3n) is 14.1. The Labute approximate surface area is 802 Å². The van der Waals surface area contributed by atoms with Crippen LogP contribution in [0.2, 0.25) is 0 Å². The van der Waals surface area contributed by atoms with Gasteiger partial charge in [-0.05, 0) is 99.0 Å². The minimum absolute atomic E-state index is 0.0707. The summed E-state index contributed by atoms with van der Waals surface area (Å²) in [6.45, 7) is 119. The van der Waals surface area contributed by atoms with E-state index in [0.717, 1.165) is 53.1 Å². The molecule has 23 heteroatoms. The molecular formula is C107H205N23. The minimum atomic E-state index is 0.0707. The van der Waals surface area contributed by atoms with Gasteiger partial charge in [0, 0.05) is 118 Å². The Bertz CT molecular complexity index is 3170. The average molecular weight is 1810 g/mol. The maximum atomic E-state index is 4.25. The first-order chi connectivity index (χ1) is 60.6. The summed E-state index contributed by atoms with van der Waals surface area (Å²) in [6, 6.07) is 23.9. The monoisotopic (exact) mass is 1810 g/mol. The first-order valence-corrected chi connectivity index (χ1v) is 47.9. The molecule has 5 N–H and O–H groups in total. The molecule has 0 atom stereocenters. The summed E-state index contributed by atoms with van der Waals surface area (Å²) in [4.78, 5) is 32.4. The van der Waals surface area contributed by atoms with E-state index in [1.54, 1.807) is 74.6 Å². The Kier molecular flexibility index (Phi) is 97.2. The molecule has 10 aromatic heterocycles. The minimum Gasteiger partial charge on any atom is -0.312 e. The van der Waals surface area contributed by atoms with E-state index in [4.69, 9.17) is 0 Å². The lowest BCUT2D eigenvalue weighted by Crippen LogP contribution is -2.36. The smallest absolute Gasteiger partial charge is 0.133 e. The fourth-order valence-corrected chi connectivity index (χ4v) is 7.36. The lowest BCUT2D eigenvalue weighted by atomic mass is 9.88. The standard InChI is InChI=1S/3C9H13N.4C8H12N2.3C6H11N3.C5H12.C3H7N3.11C2H6/c1-9(2,3)8-4-6-10-7-5-8;1-9(2,3)8-5-4-6-10-7-8;1-9(2,3)8-6-4-5-7-10-8;1-8(2,3)7-4-5-9-6-10-7;1-8(2,3)7-4-5-9-10-6-7;1-8(2,3)7-9-5-4-6-10-7;1-8(2,3)7-5-4-6-9-10-7;3*1-6(2,3)5-4-7-9-8-5;1-5(2,3)4;1-2-5-6-3-4-1;11*1-2/h3*4-7H,1-3H3;4*4-6H,1-3H3;3*4H,1-3H3,(H,7,8,9);1-4H3;3,5H,1-2H2,(H,4,6);11*1-2H3. The van der Waals surface area contributed by atoms with Crippen molar-refractivity contribution in [1.82, 2.24) is 112 Å². The summed E-state index contributed by atoms with van der Waals surface area (Å²) in [5.74, 6) is 0.898. The van der Waals surface area contributed by atoms with Crippen molar-refractivity contribution in [2.75, 3.05) is 13.1 Å². The number of pyridine rings is 3. The number of nitrogens with zero attached hydrogens (tertiary/aromatic N) is 18. The molecule has 130 heavy (non-hydrogen) atoms. The van der Waals surface area contributed by atoms with Crippen LogP contribution >= 0.6 is 0 Å². The molecule has 10 aromatic rings. The van der Waals surface area contributed by atoms with Crippen LogP contribution in [0.25, 0.3) is 0 Å². The highest BCUT2D eigenvalue weighted by Crippen LogP contribution is 2.25. The van der Waals surface area contributed by atoms with E-state index in [1.807, 2.05) is 226 Å². The van der Waals surface area contributed by atoms with E-state index in [-0.39, 0.29) is 54.1 Å². The number of nitrogens with one attached hydrogen (secondary N) is 5. The maximum Gasteiger partial charge on any atom is 0.133 e. The molecule has 0 spiro atoms. The van der Waals surface area contributed by atoms with Gasteiger partial charge < -0.3 is 5.43 Å². The van der Waals surface area contributed by atoms with Gasteiger partial charge in [0.05, 0.1) is 60.4 Å². The van der Waals surface area contributed by atoms with E-state index < -0.39 is 0 Å². The molecule has 0 radical (unpaired) electrons. The second-order valence-electron chi connectivity index (χ2n) is 37.3. The number of hydrogen-bond donors (Lipinski definition) is 5. The summed E-state index contributed by atoms with van der Waals surface area (Å²) < 4.78 is 0. The van der Waals surface area contributed by atoms with Crippen molar-refractivity contribution >= 4 is 6.34 Å². The number of hydrogen-bond acceptors (Lipinski definition) is 20. The van der Waals surface area contributed by atoms with Gasteiger partial charge in [0.2, 0.25) is 0 Å². The molecule has 0 aromatic carbocycles. The number of rotatable bonds is 0. The predicted octanol–water partition coefficient (Wildman–Crippen LogP) is 30.0. The van der Waals surface area contributed by atoms with E-state index in [0.29, 0.717) is 5.41 Å². The highest BCUT2D eigenvalue weighted by Gasteiger charge is 2.21. The SMILES string of the molecule is C1=NCCNN1.CC.CC.CC.CC.CC.CC.CC.CC.CC.CC.CC.CC(C)(C)C.CC(C)(C)c1ccccn1.CC(C)(C)c1cccnc1.CC(C)(C)c1cccnn1.CC(C)(C)c1ccncc1.CC(C)(C)c1ccncn1.CC(C)(C)c1ccnnc1.CC(C)(C)c1cn[nH]n1.CC(C)(C)c1cn[nH]n1.CC(C)(C)c1cn[nH]n1.CC(C)(C)c1ncccn1. The van der Waals surface area contributed by atoms with Gasteiger partial charge in [0.15, 0.2) is 0 Å². The van der Waals surface area contributed by atoms with Crippen LogP contribution in [0.4, 0.5) is 0 Å². The van der Waals surface area contributed by atoms with Crippen molar-refractivity contribution in [3.05, 3.63) is 223 Å². The van der Waals surface area contributed by atoms with E-state index in [1.165, 1.54) is 16.7 Å². The van der Waals surface area contributed by atoms with Gasteiger partial charge in [0.25, 0.3) is 0 Å². The van der Waals surface area contributed by atoms with Crippen molar-refractivity contribution < 1.29 is 0 Å². The second kappa shape index (κ2) is 86.3. The second-order valence-corrected chi connectivity index (χ2v) is 37.3. The molecule has 0 saturated carbocycles. The maximum absolute atomic E-state index is 4.25. The van der Waals surface area contributed by atoms with Crippen molar-refractivity contribution in [2.24, 2.45) is 10.4 Å². The molecule has 0 amide bonds. The largest absolute Gasteiger partial charge is 0.312 e. The molecule has 0 saturated heterocycles. The van der Waals surface area contributed by atoms with Gasteiger partial charge in [-0.25, -0.2) is 25.4 Å². The van der Waals surface area contributed by atoms with Crippen LogP contribution in [-0.4, -0.2) is 121 Å².